The normalized spacial score (nSPS) is 12.2. The van der Waals surface area contributed by atoms with Crippen LogP contribution < -0.4 is 5.32 Å². The number of carboxylic acid groups (broad SMARTS) is 1. The molecule has 0 saturated carbocycles. The maximum absolute atomic E-state index is 11.9. The lowest BCUT2D eigenvalue weighted by atomic mass is 10.0. The molecule has 1 aromatic heterocycles. The minimum atomic E-state index is -1.13. The highest BCUT2D eigenvalue weighted by Gasteiger charge is 2.26. The van der Waals surface area contributed by atoms with Gasteiger partial charge in [-0.3, -0.25) is 14.9 Å². The van der Waals surface area contributed by atoms with E-state index in [9.17, 15) is 19.7 Å². The van der Waals surface area contributed by atoms with Crippen LogP contribution in [0.2, 0.25) is 0 Å². The van der Waals surface area contributed by atoms with Gasteiger partial charge in [-0.25, -0.2) is 4.79 Å². The van der Waals surface area contributed by atoms with Crippen molar-refractivity contribution in [3.05, 3.63) is 25.9 Å². The minimum Gasteiger partial charge on any atom is -0.480 e. The molecule has 7 nitrogen and oxygen atoms in total. The van der Waals surface area contributed by atoms with Crippen molar-refractivity contribution in [1.82, 2.24) is 5.32 Å². The number of aliphatic carboxylic acids is 1. The Bertz CT molecular complexity index is 523. The van der Waals surface area contributed by atoms with E-state index in [0.717, 1.165) is 17.4 Å². The number of carbonyl (C=O) groups excluding carboxylic acids is 1. The third-order valence-corrected chi connectivity index (χ3v) is 3.57. The summed E-state index contributed by atoms with van der Waals surface area (Å²) in [5, 5.41) is 22.0. The molecule has 1 amide bonds. The van der Waals surface area contributed by atoms with Crippen LogP contribution in [0.5, 0.6) is 0 Å². The van der Waals surface area contributed by atoms with Crippen LogP contribution >= 0.6 is 11.3 Å². The molecule has 0 aromatic carbocycles. The zero-order valence-corrected chi connectivity index (χ0v) is 11.5. The van der Waals surface area contributed by atoms with Crippen molar-refractivity contribution in [2.75, 3.05) is 0 Å². The maximum Gasteiger partial charge on any atom is 0.326 e. The molecule has 0 unspecified atom stereocenters. The van der Waals surface area contributed by atoms with Gasteiger partial charge in [-0.15, -0.1) is 11.3 Å². The molecule has 104 valence electrons. The first-order valence-electron chi connectivity index (χ1n) is 5.52. The van der Waals surface area contributed by atoms with Gasteiger partial charge in [0.05, 0.1) is 14.7 Å². The quantitative estimate of drug-likeness (QED) is 0.633. The molecule has 0 aliphatic rings. The van der Waals surface area contributed by atoms with Crippen molar-refractivity contribution in [3.8, 4) is 0 Å². The third-order valence-electron chi connectivity index (χ3n) is 2.53. The van der Waals surface area contributed by atoms with Crippen LogP contribution in [0.25, 0.3) is 0 Å². The molecule has 0 spiro atoms. The number of hydrogen-bond acceptors (Lipinski definition) is 5. The fraction of sp³-hybridized carbons (Fsp3) is 0.455. The zero-order chi connectivity index (χ0) is 14.7. The molecule has 1 aromatic rings. The van der Waals surface area contributed by atoms with E-state index in [1.807, 2.05) is 0 Å². The highest BCUT2D eigenvalue weighted by Crippen LogP contribution is 2.28. The van der Waals surface area contributed by atoms with Crippen LogP contribution in [-0.4, -0.2) is 27.9 Å². The maximum atomic E-state index is 11.9. The highest BCUT2D eigenvalue weighted by molar-refractivity contribution is 7.14. The van der Waals surface area contributed by atoms with Crippen LogP contribution in [0.3, 0.4) is 0 Å². The standard InChI is InChI=1S/C11H14N2O5S/c1-5(2)9(11(15)16)12-10(14)8-4-7(13(17)18)6(3)19-8/h4-5,9H,1-3H3,(H,12,14)(H,15,16)/t9-/m0/s1. The Balaban J connectivity index is 2.92. The molecule has 0 bridgehead atoms. The second-order valence-electron chi connectivity index (χ2n) is 4.34. The summed E-state index contributed by atoms with van der Waals surface area (Å²) < 4.78 is 0. The van der Waals surface area contributed by atoms with Crippen molar-refractivity contribution in [3.63, 3.8) is 0 Å². The van der Waals surface area contributed by atoms with Crippen molar-refractivity contribution < 1.29 is 19.6 Å². The molecule has 1 heterocycles. The van der Waals surface area contributed by atoms with Gasteiger partial charge in [0.25, 0.3) is 11.6 Å². The Kier molecular flexibility index (Phi) is 4.60. The fourth-order valence-corrected chi connectivity index (χ4v) is 2.38. The van der Waals surface area contributed by atoms with E-state index in [1.54, 1.807) is 13.8 Å². The fourth-order valence-electron chi connectivity index (χ4n) is 1.49. The summed E-state index contributed by atoms with van der Waals surface area (Å²) >= 11 is 0.970. The molecule has 2 N–H and O–H groups in total. The lowest BCUT2D eigenvalue weighted by Gasteiger charge is -2.17. The van der Waals surface area contributed by atoms with Gasteiger partial charge in [-0.1, -0.05) is 13.8 Å². The third kappa shape index (κ3) is 3.50. The molecular formula is C11H14N2O5S. The predicted molar refractivity (Wildman–Crippen MR) is 69.4 cm³/mol. The number of thiophene rings is 1. The second-order valence-corrected chi connectivity index (χ2v) is 5.60. The largest absolute Gasteiger partial charge is 0.480 e. The smallest absolute Gasteiger partial charge is 0.326 e. The Hall–Kier alpha value is -1.96. The first-order valence-corrected chi connectivity index (χ1v) is 6.34. The van der Waals surface area contributed by atoms with Crippen LogP contribution in [0.15, 0.2) is 6.07 Å². The minimum absolute atomic E-state index is 0.133. The average Bonchev–Trinajstić information content (AvgIpc) is 2.67. The predicted octanol–water partition coefficient (Wildman–Crippen LogP) is 1.80. The Labute approximate surface area is 113 Å². The number of aryl methyl sites for hydroxylation is 1. The number of nitrogens with zero attached hydrogens (tertiary/aromatic N) is 1. The molecule has 0 aliphatic heterocycles. The molecule has 1 atom stereocenters. The summed E-state index contributed by atoms with van der Waals surface area (Å²) in [4.78, 5) is 33.5. The molecule has 8 heteroatoms. The molecule has 1 rings (SSSR count). The highest BCUT2D eigenvalue weighted by atomic mass is 32.1. The van der Waals surface area contributed by atoms with Gasteiger partial charge in [0.1, 0.15) is 6.04 Å². The van der Waals surface area contributed by atoms with Gasteiger partial charge in [-0.2, -0.15) is 0 Å². The Morgan fingerprint density at radius 1 is 1.47 bits per heavy atom. The average molecular weight is 286 g/mol. The Morgan fingerprint density at radius 3 is 2.42 bits per heavy atom. The number of amides is 1. The first-order chi connectivity index (χ1) is 8.73. The van der Waals surface area contributed by atoms with Gasteiger partial charge in [-0.05, 0) is 12.8 Å². The van der Waals surface area contributed by atoms with Crippen LogP contribution in [0.4, 0.5) is 5.69 Å². The van der Waals surface area contributed by atoms with E-state index in [0.29, 0.717) is 4.88 Å². The number of nitro groups is 1. The molecule has 0 fully saturated rings. The van der Waals surface area contributed by atoms with E-state index in [-0.39, 0.29) is 16.5 Å². The van der Waals surface area contributed by atoms with Crippen LogP contribution in [-0.2, 0) is 4.79 Å². The number of nitrogens with one attached hydrogen (secondary N) is 1. The van der Waals surface area contributed by atoms with E-state index >= 15 is 0 Å². The summed E-state index contributed by atoms with van der Waals surface area (Å²) in [5.74, 6) is -2.02. The van der Waals surface area contributed by atoms with Crippen molar-refractivity contribution >= 4 is 28.9 Å². The summed E-state index contributed by atoms with van der Waals surface area (Å²) in [6.45, 7) is 4.87. The van der Waals surface area contributed by atoms with Crippen molar-refractivity contribution in [1.29, 1.82) is 0 Å². The lowest BCUT2D eigenvalue weighted by molar-refractivity contribution is -0.385. The van der Waals surface area contributed by atoms with E-state index in [4.69, 9.17) is 5.11 Å². The van der Waals surface area contributed by atoms with Gasteiger partial charge in [0.15, 0.2) is 0 Å². The number of rotatable bonds is 5. The van der Waals surface area contributed by atoms with Crippen molar-refractivity contribution in [2.24, 2.45) is 5.92 Å². The lowest BCUT2D eigenvalue weighted by Crippen LogP contribution is -2.44. The van der Waals surface area contributed by atoms with E-state index in [2.05, 4.69) is 5.32 Å². The first kappa shape index (κ1) is 15.1. The monoisotopic (exact) mass is 286 g/mol. The Morgan fingerprint density at radius 2 is 2.05 bits per heavy atom. The van der Waals surface area contributed by atoms with Gasteiger partial charge >= 0.3 is 5.97 Å². The van der Waals surface area contributed by atoms with Crippen LogP contribution in [0, 0.1) is 23.0 Å². The summed E-state index contributed by atoms with van der Waals surface area (Å²) in [6, 6.07) is 0.142. The van der Waals surface area contributed by atoms with Gasteiger partial charge < -0.3 is 10.4 Å². The SMILES string of the molecule is Cc1sc(C(=O)N[C@H](C(=O)O)C(C)C)cc1[N+](=O)[O-]. The summed E-state index contributed by atoms with van der Waals surface area (Å²) in [7, 11) is 0. The topological polar surface area (TPSA) is 110 Å². The van der Waals surface area contributed by atoms with E-state index < -0.39 is 22.8 Å². The summed E-state index contributed by atoms with van der Waals surface area (Å²) in [6.07, 6.45) is 0. The van der Waals surface area contributed by atoms with Gasteiger partial charge in [0.2, 0.25) is 0 Å². The molecule has 0 radical (unpaired) electrons. The molecule has 0 saturated heterocycles. The van der Waals surface area contributed by atoms with Crippen molar-refractivity contribution in [2.45, 2.75) is 26.8 Å². The number of carboxylic acids is 1. The summed E-state index contributed by atoms with van der Waals surface area (Å²) in [5.41, 5.74) is -0.133. The van der Waals surface area contributed by atoms with Crippen LogP contribution in [0.1, 0.15) is 28.4 Å². The van der Waals surface area contributed by atoms with E-state index in [1.165, 1.54) is 6.92 Å². The second kappa shape index (κ2) is 5.79. The number of carbonyl (C=O) groups is 2. The number of hydrogen-bond donors (Lipinski definition) is 2. The molecule has 19 heavy (non-hydrogen) atoms. The molecular weight excluding hydrogens is 272 g/mol. The molecule has 0 aliphatic carbocycles. The van der Waals surface area contributed by atoms with Gasteiger partial charge in [0, 0.05) is 6.07 Å². The zero-order valence-electron chi connectivity index (χ0n) is 10.7.